The number of hydrogen-bond acceptors (Lipinski definition) is 7. The highest BCUT2D eigenvalue weighted by molar-refractivity contribution is 8.01. The zero-order chi connectivity index (χ0) is 19.8. The van der Waals surface area contributed by atoms with E-state index in [1.165, 1.54) is 35.2 Å². The first kappa shape index (κ1) is 20.1. The summed E-state index contributed by atoms with van der Waals surface area (Å²) in [6.45, 7) is 2.94. The first-order valence-corrected chi connectivity index (χ1v) is 10.4. The van der Waals surface area contributed by atoms with Crippen LogP contribution in [0.5, 0.6) is 5.75 Å². The minimum absolute atomic E-state index is 0.145. The van der Waals surface area contributed by atoms with Gasteiger partial charge in [0.1, 0.15) is 11.6 Å². The van der Waals surface area contributed by atoms with Crippen LogP contribution in [-0.2, 0) is 11.3 Å². The third kappa shape index (κ3) is 5.93. The number of ether oxygens (including phenoxy) is 1. The maximum atomic E-state index is 12.9. The van der Waals surface area contributed by atoms with Crippen LogP contribution >= 0.6 is 23.1 Å². The van der Waals surface area contributed by atoms with Crippen LogP contribution in [0.3, 0.4) is 0 Å². The fourth-order valence-electron chi connectivity index (χ4n) is 2.28. The molecular formula is C19H19FN4O2S2. The van der Waals surface area contributed by atoms with Gasteiger partial charge in [-0.15, -0.1) is 10.2 Å². The van der Waals surface area contributed by atoms with Gasteiger partial charge in [-0.1, -0.05) is 47.4 Å². The molecule has 0 radical (unpaired) electrons. The Kier molecular flexibility index (Phi) is 7.21. The van der Waals surface area contributed by atoms with Crippen LogP contribution in [0, 0.1) is 5.82 Å². The molecule has 2 N–H and O–H groups in total. The molecule has 0 unspecified atom stereocenters. The van der Waals surface area contributed by atoms with Crippen LogP contribution < -0.4 is 15.4 Å². The number of amides is 1. The van der Waals surface area contributed by atoms with Crippen molar-refractivity contribution in [2.75, 3.05) is 23.0 Å². The molecule has 146 valence electrons. The average Bonchev–Trinajstić information content (AvgIpc) is 3.16. The fourth-order valence-corrected chi connectivity index (χ4v) is 3.83. The number of anilines is 2. The van der Waals surface area contributed by atoms with Gasteiger partial charge in [-0.05, 0) is 36.8 Å². The Hall–Kier alpha value is -2.65. The van der Waals surface area contributed by atoms with E-state index in [9.17, 15) is 9.18 Å². The lowest BCUT2D eigenvalue weighted by molar-refractivity contribution is -0.113. The number of nitrogens with zero attached hydrogens (tertiary/aromatic N) is 2. The molecule has 0 atom stereocenters. The minimum atomic E-state index is -0.263. The second-order valence-electron chi connectivity index (χ2n) is 5.62. The molecule has 1 heterocycles. The first-order chi connectivity index (χ1) is 13.6. The van der Waals surface area contributed by atoms with Gasteiger partial charge >= 0.3 is 0 Å². The van der Waals surface area contributed by atoms with Gasteiger partial charge in [0.25, 0.3) is 0 Å². The second kappa shape index (κ2) is 10.0. The molecule has 0 fully saturated rings. The van der Waals surface area contributed by atoms with Gasteiger partial charge in [0.2, 0.25) is 11.0 Å². The van der Waals surface area contributed by atoms with E-state index in [1.807, 2.05) is 25.1 Å². The van der Waals surface area contributed by atoms with Crippen molar-refractivity contribution in [1.29, 1.82) is 0 Å². The van der Waals surface area contributed by atoms with Gasteiger partial charge in [-0.2, -0.15) is 0 Å². The highest BCUT2D eigenvalue weighted by Crippen LogP contribution is 2.27. The van der Waals surface area contributed by atoms with Gasteiger partial charge in [0.15, 0.2) is 4.34 Å². The van der Waals surface area contributed by atoms with Crippen LogP contribution in [0.2, 0.25) is 0 Å². The predicted molar refractivity (Wildman–Crippen MR) is 111 cm³/mol. The third-order valence-corrected chi connectivity index (χ3v) is 5.57. The summed E-state index contributed by atoms with van der Waals surface area (Å²) in [7, 11) is 0. The largest absolute Gasteiger partial charge is 0.492 e. The molecule has 6 nitrogen and oxygen atoms in total. The Bertz CT molecular complexity index is 918. The molecule has 1 aromatic heterocycles. The summed E-state index contributed by atoms with van der Waals surface area (Å²) in [4.78, 5) is 12.2. The summed E-state index contributed by atoms with van der Waals surface area (Å²) in [6, 6.07) is 13.6. The molecule has 0 spiro atoms. The number of nitrogens with one attached hydrogen (secondary N) is 2. The summed E-state index contributed by atoms with van der Waals surface area (Å²) >= 11 is 2.68. The first-order valence-electron chi connectivity index (χ1n) is 8.60. The van der Waals surface area contributed by atoms with Crippen molar-refractivity contribution in [3.63, 3.8) is 0 Å². The van der Waals surface area contributed by atoms with Crippen molar-refractivity contribution in [1.82, 2.24) is 10.2 Å². The molecule has 3 aromatic rings. The number of halogens is 1. The fraction of sp³-hybridized carbons (Fsp3) is 0.211. The normalized spacial score (nSPS) is 10.5. The number of hydrogen-bond donors (Lipinski definition) is 2. The van der Waals surface area contributed by atoms with Crippen molar-refractivity contribution in [2.24, 2.45) is 0 Å². The zero-order valence-corrected chi connectivity index (χ0v) is 16.8. The highest BCUT2D eigenvalue weighted by Gasteiger charge is 2.10. The lowest BCUT2D eigenvalue weighted by atomic mass is 10.2. The summed E-state index contributed by atoms with van der Waals surface area (Å²) in [5.74, 6) is 0.452. The quantitative estimate of drug-likeness (QED) is 0.501. The second-order valence-corrected chi connectivity index (χ2v) is 7.82. The van der Waals surface area contributed by atoms with Crippen molar-refractivity contribution >= 4 is 39.8 Å². The molecule has 0 bridgehead atoms. The average molecular weight is 419 g/mol. The Morgan fingerprint density at radius 2 is 1.96 bits per heavy atom. The third-order valence-electron chi connectivity index (χ3n) is 3.55. The van der Waals surface area contributed by atoms with Crippen molar-refractivity contribution in [3.05, 3.63) is 59.9 Å². The molecule has 1 amide bonds. The van der Waals surface area contributed by atoms with Gasteiger partial charge < -0.3 is 15.4 Å². The Morgan fingerprint density at radius 1 is 1.18 bits per heavy atom. The van der Waals surface area contributed by atoms with E-state index in [2.05, 4.69) is 20.8 Å². The summed E-state index contributed by atoms with van der Waals surface area (Å²) in [5, 5.41) is 14.8. The molecule has 0 saturated heterocycles. The number of aromatic nitrogens is 2. The maximum absolute atomic E-state index is 12.9. The van der Waals surface area contributed by atoms with Crippen LogP contribution in [0.1, 0.15) is 12.5 Å². The number of para-hydroxylation sites is 2. The predicted octanol–water partition coefficient (Wildman–Crippen LogP) is 4.42. The van der Waals surface area contributed by atoms with Crippen LogP contribution in [0.25, 0.3) is 0 Å². The van der Waals surface area contributed by atoms with Crippen molar-refractivity contribution in [3.8, 4) is 5.75 Å². The number of carbonyl (C=O) groups excluding carboxylic acids is 1. The smallest absolute Gasteiger partial charge is 0.234 e. The summed E-state index contributed by atoms with van der Waals surface area (Å²) in [5.41, 5.74) is 1.59. The van der Waals surface area contributed by atoms with Gasteiger partial charge in [0.05, 0.1) is 18.0 Å². The van der Waals surface area contributed by atoms with Crippen molar-refractivity contribution < 1.29 is 13.9 Å². The lowest BCUT2D eigenvalue weighted by Gasteiger charge is -2.10. The lowest BCUT2D eigenvalue weighted by Crippen LogP contribution is -2.14. The number of benzene rings is 2. The van der Waals surface area contributed by atoms with E-state index in [4.69, 9.17) is 4.74 Å². The Morgan fingerprint density at radius 3 is 2.75 bits per heavy atom. The van der Waals surface area contributed by atoms with E-state index in [0.717, 1.165) is 5.56 Å². The van der Waals surface area contributed by atoms with E-state index < -0.39 is 0 Å². The Labute approximate surface area is 170 Å². The van der Waals surface area contributed by atoms with Gasteiger partial charge in [0, 0.05) is 6.54 Å². The standard InChI is InChI=1S/C19H19FN4O2S2/c1-2-26-16-6-4-3-5-15(16)22-17(25)12-27-19-24-23-18(28-19)21-11-13-7-9-14(20)10-8-13/h3-10H,2,11-12H2,1H3,(H,21,23)(H,22,25). The molecule has 0 aliphatic carbocycles. The molecule has 9 heteroatoms. The van der Waals surface area contributed by atoms with E-state index in [-0.39, 0.29) is 17.5 Å². The number of carbonyl (C=O) groups is 1. The maximum Gasteiger partial charge on any atom is 0.234 e. The monoisotopic (exact) mass is 418 g/mol. The molecule has 0 aliphatic heterocycles. The number of thioether (sulfide) groups is 1. The molecule has 0 saturated carbocycles. The van der Waals surface area contributed by atoms with E-state index in [0.29, 0.717) is 34.1 Å². The van der Waals surface area contributed by atoms with Crippen LogP contribution in [0.4, 0.5) is 15.2 Å². The minimum Gasteiger partial charge on any atom is -0.492 e. The zero-order valence-electron chi connectivity index (χ0n) is 15.1. The Balaban J connectivity index is 1.47. The van der Waals surface area contributed by atoms with E-state index in [1.54, 1.807) is 18.2 Å². The summed E-state index contributed by atoms with van der Waals surface area (Å²) < 4.78 is 19.1. The van der Waals surface area contributed by atoms with Crippen molar-refractivity contribution in [2.45, 2.75) is 17.8 Å². The van der Waals surface area contributed by atoms with Gasteiger partial charge in [-0.3, -0.25) is 4.79 Å². The van der Waals surface area contributed by atoms with Crippen LogP contribution in [0.15, 0.2) is 52.9 Å². The van der Waals surface area contributed by atoms with Gasteiger partial charge in [-0.25, -0.2) is 4.39 Å². The summed E-state index contributed by atoms with van der Waals surface area (Å²) in [6.07, 6.45) is 0. The molecule has 2 aromatic carbocycles. The SMILES string of the molecule is CCOc1ccccc1NC(=O)CSc1nnc(NCc2ccc(F)cc2)s1. The topological polar surface area (TPSA) is 76.1 Å². The molecular weight excluding hydrogens is 399 g/mol. The number of rotatable bonds is 9. The van der Waals surface area contributed by atoms with Crippen LogP contribution in [-0.4, -0.2) is 28.5 Å². The highest BCUT2D eigenvalue weighted by atomic mass is 32.2. The molecule has 28 heavy (non-hydrogen) atoms. The van der Waals surface area contributed by atoms with E-state index >= 15 is 0 Å². The molecule has 0 aliphatic rings. The molecule has 3 rings (SSSR count).